The summed E-state index contributed by atoms with van der Waals surface area (Å²) in [5.41, 5.74) is 6.59. The number of aryl methyl sites for hydroxylation is 3. The maximum Gasteiger partial charge on any atom is 0.204 e. The standard InChI is InChI=1S/3C8H8N4/c2*1-6-2-4-7(5-3-6)8-9-11-12-10-8;1-6-3-2-4-7(5-6)8-9-11-12-10-8/h3*2-5H,1H3,(H,9,10,11,12). The lowest BCUT2D eigenvalue weighted by Gasteiger charge is -1.94. The molecule has 0 spiro atoms. The van der Waals surface area contributed by atoms with Gasteiger partial charge in [0, 0.05) is 16.7 Å². The zero-order valence-electron chi connectivity index (χ0n) is 20.0. The molecule has 0 saturated carbocycles. The molecule has 0 aliphatic rings. The Morgan fingerprint density at radius 2 is 0.861 bits per heavy atom. The van der Waals surface area contributed by atoms with E-state index < -0.39 is 0 Å². The smallest absolute Gasteiger partial charge is 0.177 e. The molecule has 0 amide bonds. The first-order valence-corrected chi connectivity index (χ1v) is 11.0. The lowest BCUT2D eigenvalue weighted by atomic mass is 10.1. The van der Waals surface area contributed by atoms with Crippen LogP contribution in [-0.2, 0) is 0 Å². The summed E-state index contributed by atoms with van der Waals surface area (Å²) in [7, 11) is 0. The lowest BCUT2D eigenvalue weighted by Crippen LogP contribution is -1.81. The van der Waals surface area contributed by atoms with Crippen molar-refractivity contribution in [1.29, 1.82) is 0 Å². The fourth-order valence-corrected chi connectivity index (χ4v) is 3.04. The molecule has 6 aromatic rings. The number of tetrazole rings is 3. The fourth-order valence-electron chi connectivity index (χ4n) is 3.04. The van der Waals surface area contributed by atoms with Crippen molar-refractivity contribution in [3.8, 4) is 34.2 Å². The van der Waals surface area contributed by atoms with Crippen LogP contribution in [0.5, 0.6) is 0 Å². The maximum atomic E-state index is 3.88. The van der Waals surface area contributed by atoms with Crippen molar-refractivity contribution in [2.24, 2.45) is 0 Å². The molecule has 0 radical (unpaired) electrons. The SMILES string of the molecule is Cc1ccc(-c2nn[nH]n2)cc1.Cc1ccc(-c2nn[nH]n2)cc1.Cc1cccc(-c2nn[nH]n2)c1. The molecule has 12 nitrogen and oxygen atoms in total. The van der Waals surface area contributed by atoms with Crippen LogP contribution in [-0.4, -0.2) is 61.9 Å². The summed E-state index contributed by atoms with van der Waals surface area (Å²) in [6.07, 6.45) is 0. The van der Waals surface area contributed by atoms with E-state index in [1.807, 2.05) is 93.6 Å². The third-order valence-corrected chi connectivity index (χ3v) is 4.93. The predicted molar refractivity (Wildman–Crippen MR) is 133 cm³/mol. The number of nitrogens with one attached hydrogen (secondary N) is 3. The Balaban J connectivity index is 0.000000127. The molecule has 3 N–H and O–H groups in total. The Bertz CT molecular complexity index is 1350. The second kappa shape index (κ2) is 11.8. The number of aromatic nitrogens is 12. The second-order valence-corrected chi connectivity index (χ2v) is 7.81. The number of rotatable bonds is 3. The Hall–Kier alpha value is -5.13. The zero-order valence-corrected chi connectivity index (χ0v) is 20.0. The normalized spacial score (nSPS) is 10.1. The van der Waals surface area contributed by atoms with Crippen LogP contribution in [0.15, 0.2) is 72.8 Å². The van der Waals surface area contributed by atoms with E-state index in [0.29, 0.717) is 17.5 Å². The lowest BCUT2D eigenvalue weighted by molar-refractivity contribution is 0.881. The fraction of sp³-hybridized carbons (Fsp3) is 0.125. The van der Waals surface area contributed by atoms with Gasteiger partial charge in [0.1, 0.15) is 0 Å². The highest BCUT2D eigenvalue weighted by molar-refractivity contribution is 5.55. The van der Waals surface area contributed by atoms with E-state index in [1.54, 1.807) is 0 Å². The molecule has 3 aromatic carbocycles. The first-order valence-electron chi connectivity index (χ1n) is 11.0. The summed E-state index contributed by atoms with van der Waals surface area (Å²) in [6, 6.07) is 23.9. The van der Waals surface area contributed by atoms with Crippen LogP contribution >= 0.6 is 0 Å². The topological polar surface area (TPSA) is 163 Å². The van der Waals surface area contributed by atoms with Gasteiger partial charge in [-0.25, -0.2) is 0 Å². The molecule has 12 heteroatoms. The van der Waals surface area contributed by atoms with Gasteiger partial charge in [-0.3, -0.25) is 0 Å². The number of hydrogen-bond donors (Lipinski definition) is 3. The summed E-state index contributed by atoms with van der Waals surface area (Å²) >= 11 is 0. The van der Waals surface area contributed by atoms with Crippen molar-refractivity contribution in [2.45, 2.75) is 20.8 Å². The predicted octanol–water partition coefficient (Wildman–Crippen LogP) is 3.53. The van der Waals surface area contributed by atoms with E-state index in [4.69, 9.17) is 0 Å². The minimum atomic E-state index is 0.634. The summed E-state index contributed by atoms with van der Waals surface area (Å²) in [5.74, 6) is 1.91. The van der Waals surface area contributed by atoms with Crippen molar-refractivity contribution in [2.75, 3.05) is 0 Å². The van der Waals surface area contributed by atoms with Crippen LogP contribution in [0, 0.1) is 20.8 Å². The van der Waals surface area contributed by atoms with Gasteiger partial charge in [0.25, 0.3) is 0 Å². The van der Waals surface area contributed by atoms with Gasteiger partial charge in [0.05, 0.1) is 0 Å². The van der Waals surface area contributed by atoms with Gasteiger partial charge in [0.2, 0.25) is 17.5 Å². The third kappa shape index (κ3) is 6.70. The molecule has 0 unspecified atom stereocenters. The van der Waals surface area contributed by atoms with Crippen LogP contribution in [0.25, 0.3) is 34.2 Å². The largest absolute Gasteiger partial charge is 0.204 e. The number of benzene rings is 3. The molecule has 0 bridgehead atoms. The average Bonchev–Trinajstić information content (AvgIpc) is 3.70. The van der Waals surface area contributed by atoms with E-state index >= 15 is 0 Å². The maximum absolute atomic E-state index is 3.88. The van der Waals surface area contributed by atoms with Gasteiger partial charge in [-0.1, -0.05) is 83.4 Å². The van der Waals surface area contributed by atoms with Crippen LogP contribution < -0.4 is 0 Å². The summed E-state index contributed by atoms with van der Waals surface area (Å²) in [6.45, 7) is 6.11. The minimum Gasteiger partial charge on any atom is -0.177 e. The number of nitrogens with zero attached hydrogens (tertiary/aromatic N) is 9. The van der Waals surface area contributed by atoms with Gasteiger partial charge >= 0.3 is 0 Å². The highest BCUT2D eigenvalue weighted by Gasteiger charge is 2.02. The minimum absolute atomic E-state index is 0.634. The first-order chi connectivity index (χ1) is 17.6. The van der Waals surface area contributed by atoms with Gasteiger partial charge in [-0.05, 0) is 42.5 Å². The number of hydrogen-bond acceptors (Lipinski definition) is 9. The van der Waals surface area contributed by atoms with Gasteiger partial charge < -0.3 is 0 Å². The molecule has 3 aromatic heterocycles. The molecule has 36 heavy (non-hydrogen) atoms. The van der Waals surface area contributed by atoms with Crippen LogP contribution in [0.3, 0.4) is 0 Å². The van der Waals surface area contributed by atoms with Crippen LogP contribution in [0.2, 0.25) is 0 Å². The summed E-state index contributed by atoms with van der Waals surface area (Å²) in [5, 5.41) is 40.9. The number of aromatic amines is 3. The Labute approximate surface area is 206 Å². The number of H-pyrrole nitrogens is 3. The second-order valence-electron chi connectivity index (χ2n) is 7.81. The average molecular weight is 481 g/mol. The summed E-state index contributed by atoms with van der Waals surface area (Å²) in [4.78, 5) is 0. The van der Waals surface area contributed by atoms with Crippen molar-refractivity contribution < 1.29 is 0 Å². The van der Waals surface area contributed by atoms with Crippen molar-refractivity contribution >= 4 is 0 Å². The molecule has 0 aliphatic carbocycles. The highest BCUT2D eigenvalue weighted by Crippen LogP contribution is 2.14. The van der Waals surface area contributed by atoms with E-state index in [9.17, 15) is 0 Å². The molecular formula is C24H24N12. The van der Waals surface area contributed by atoms with Crippen LogP contribution in [0.1, 0.15) is 16.7 Å². The first kappa shape index (κ1) is 24.0. The van der Waals surface area contributed by atoms with Crippen molar-refractivity contribution in [1.82, 2.24) is 61.9 Å². The third-order valence-electron chi connectivity index (χ3n) is 4.93. The van der Waals surface area contributed by atoms with Gasteiger partial charge in [0.15, 0.2) is 0 Å². The molecular weight excluding hydrogens is 456 g/mol. The molecule has 6 rings (SSSR count). The monoisotopic (exact) mass is 480 g/mol. The Kier molecular flexibility index (Phi) is 7.89. The molecule has 0 atom stereocenters. The highest BCUT2D eigenvalue weighted by atomic mass is 15.5. The van der Waals surface area contributed by atoms with E-state index in [2.05, 4.69) is 61.9 Å². The Morgan fingerprint density at radius 3 is 1.22 bits per heavy atom. The van der Waals surface area contributed by atoms with Crippen molar-refractivity contribution in [3.05, 3.63) is 89.5 Å². The molecule has 0 fully saturated rings. The van der Waals surface area contributed by atoms with Crippen molar-refractivity contribution in [3.63, 3.8) is 0 Å². The quantitative estimate of drug-likeness (QED) is 0.344. The van der Waals surface area contributed by atoms with Gasteiger partial charge in [-0.2, -0.15) is 15.6 Å². The van der Waals surface area contributed by atoms with Gasteiger partial charge in [-0.15, -0.1) is 30.6 Å². The Morgan fingerprint density at radius 1 is 0.444 bits per heavy atom. The van der Waals surface area contributed by atoms with E-state index in [0.717, 1.165) is 16.7 Å². The molecule has 0 aliphatic heterocycles. The molecule has 180 valence electrons. The van der Waals surface area contributed by atoms with Crippen LogP contribution in [0.4, 0.5) is 0 Å². The molecule has 0 saturated heterocycles. The van der Waals surface area contributed by atoms with E-state index in [1.165, 1.54) is 16.7 Å². The summed E-state index contributed by atoms with van der Waals surface area (Å²) < 4.78 is 0. The molecule has 3 heterocycles. The zero-order chi connectivity index (χ0) is 25.2. The van der Waals surface area contributed by atoms with E-state index in [-0.39, 0.29) is 0 Å².